The predicted octanol–water partition coefficient (Wildman–Crippen LogP) is -0.148. The maximum atomic E-state index is 12.2. The molecule has 2 heterocycles. The Balaban J connectivity index is 1.65. The second kappa shape index (κ2) is 5.82. The van der Waals surface area contributed by atoms with Gasteiger partial charge in [-0.25, -0.2) is 4.79 Å². The van der Waals surface area contributed by atoms with Crippen LogP contribution in [0.15, 0.2) is 10.6 Å². The van der Waals surface area contributed by atoms with E-state index < -0.39 is 5.97 Å². The number of aromatic carboxylic acids is 1. The number of carboxylic acid groups (broad SMARTS) is 1. The summed E-state index contributed by atoms with van der Waals surface area (Å²) in [6, 6.07) is 1.30. The number of ether oxygens (including phenoxy) is 1. The van der Waals surface area contributed by atoms with Crippen LogP contribution in [0.3, 0.4) is 0 Å². The van der Waals surface area contributed by atoms with Gasteiger partial charge in [0.1, 0.15) is 6.04 Å². The van der Waals surface area contributed by atoms with Crippen molar-refractivity contribution in [2.45, 2.75) is 31.5 Å². The normalized spacial score (nSPS) is 23.0. The molecule has 1 saturated carbocycles. The van der Waals surface area contributed by atoms with Gasteiger partial charge in [0.15, 0.2) is 11.5 Å². The fraction of sp³-hybridized carbons (Fsp3) is 0.615. The lowest BCUT2D eigenvalue weighted by molar-refractivity contribution is -0.133. The minimum absolute atomic E-state index is 0.0461. The van der Waals surface area contributed by atoms with Gasteiger partial charge in [-0.2, -0.15) is 0 Å². The molecular formula is C13H17N3O5. The van der Waals surface area contributed by atoms with Gasteiger partial charge in [0.05, 0.1) is 19.8 Å². The molecule has 8 heteroatoms. The van der Waals surface area contributed by atoms with E-state index in [-0.39, 0.29) is 17.6 Å². The first-order chi connectivity index (χ1) is 10.1. The summed E-state index contributed by atoms with van der Waals surface area (Å²) in [7, 11) is 0. The van der Waals surface area contributed by atoms with Crippen molar-refractivity contribution < 1.29 is 24.0 Å². The topological polar surface area (TPSA) is 105 Å². The van der Waals surface area contributed by atoms with Crippen molar-refractivity contribution in [3.8, 4) is 0 Å². The van der Waals surface area contributed by atoms with Crippen molar-refractivity contribution in [2.75, 3.05) is 19.8 Å². The third-order valence-electron chi connectivity index (χ3n) is 3.60. The first kappa shape index (κ1) is 14.0. The smallest absolute Gasteiger partial charge is 0.358 e. The average Bonchev–Trinajstić information content (AvgIpc) is 3.14. The summed E-state index contributed by atoms with van der Waals surface area (Å²) in [4.78, 5) is 24.9. The van der Waals surface area contributed by atoms with Gasteiger partial charge in [-0.05, 0) is 12.8 Å². The molecule has 1 aromatic rings. The molecule has 3 rings (SSSR count). The third-order valence-corrected chi connectivity index (χ3v) is 3.60. The minimum Gasteiger partial charge on any atom is -0.476 e. The molecule has 2 aliphatic rings. The first-order valence-electron chi connectivity index (χ1n) is 6.94. The summed E-state index contributed by atoms with van der Waals surface area (Å²) in [5, 5.41) is 15.3. The van der Waals surface area contributed by atoms with Gasteiger partial charge in [-0.3, -0.25) is 9.69 Å². The number of carbonyl (C=O) groups is 2. The lowest BCUT2D eigenvalue weighted by Gasteiger charge is -2.33. The number of carbonyl (C=O) groups excluding carboxylic acids is 1. The molecule has 8 nitrogen and oxygen atoms in total. The Hall–Kier alpha value is -1.93. The summed E-state index contributed by atoms with van der Waals surface area (Å²) >= 11 is 0. The highest BCUT2D eigenvalue weighted by atomic mass is 16.5. The number of morpholine rings is 1. The molecule has 2 fully saturated rings. The molecule has 114 valence electrons. The average molecular weight is 295 g/mol. The molecule has 2 N–H and O–H groups in total. The van der Waals surface area contributed by atoms with Crippen LogP contribution in [-0.2, 0) is 16.1 Å². The van der Waals surface area contributed by atoms with Crippen molar-refractivity contribution in [3.63, 3.8) is 0 Å². The number of nitrogens with zero attached hydrogens (tertiary/aromatic N) is 2. The molecule has 1 saturated heterocycles. The number of carboxylic acids is 1. The Morgan fingerprint density at radius 2 is 2.29 bits per heavy atom. The van der Waals surface area contributed by atoms with Crippen LogP contribution in [0.5, 0.6) is 0 Å². The van der Waals surface area contributed by atoms with Crippen LogP contribution in [0, 0.1) is 0 Å². The molecule has 1 atom stereocenters. The summed E-state index contributed by atoms with van der Waals surface area (Å²) < 4.78 is 10.4. The van der Waals surface area contributed by atoms with Gasteiger partial charge >= 0.3 is 5.97 Å². The van der Waals surface area contributed by atoms with Crippen LogP contribution in [0.25, 0.3) is 0 Å². The van der Waals surface area contributed by atoms with Crippen LogP contribution in [0.2, 0.25) is 0 Å². The Morgan fingerprint density at radius 3 is 2.95 bits per heavy atom. The van der Waals surface area contributed by atoms with E-state index in [9.17, 15) is 9.59 Å². The largest absolute Gasteiger partial charge is 0.476 e. The highest BCUT2D eigenvalue weighted by Crippen LogP contribution is 2.20. The van der Waals surface area contributed by atoms with Crippen molar-refractivity contribution in [3.05, 3.63) is 17.5 Å². The fourth-order valence-corrected chi connectivity index (χ4v) is 2.28. The van der Waals surface area contributed by atoms with Gasteiger partial charge in [0.2, 0.25) is 5.91 Å². The zero-order valence-corrected chi connectivity index (χ0v) is 11.4. The summed E-state index contributed by atoms with van der Waals surface area (Å²) in [6.07, 6.45) is 2.06. The van der Waals surface area contributed by atoms with E-state index in [0.29, 0.717) is 38.1 Å². The summed E-state index contributed by atoms with van der Waals surface area (Å²) in [6.45, 7) is 1.80. The quantitative estimate of drug-likeness (QED) is 0.778. The standard InChI is InChI=1S/C13H17N3O5/c17-12(14-8-1-2-8)11-7-20-4-3-16(11)6-9-5-10(13(18)19)15-21-9/h5,8,11H,1-4,6-7H2,(H,14,17)(H,18,19). The maximum absolute atomic E-state index is 12.2. The van der Waals surface area contributed by atoms with E-state index in [0.717, 1.165) is 12.8 Å². The van der Waals surface area contributed by atoms with E-state index in [1.807, 2.05) is 4.90 Å². The molecule has 0 aromatic carbocycles. The van der Waals surface area contributed by atoms with Crippen LogP contribution in [0.1, 0.15) is 29.1 Å². The second-order valence-corrected chi connectivity index (χ2v) is 5.33. The van der Waals surface area contributed by atoms with E-state index in [1.54, 1.807) is 0 Å². The number of hydrogen-bond acceptors (Lipinski definition) is 6. The van der Waals surface area contributed by atoms with Crippen molar-refractivity contribution in [1.82, 2.24) is 15.4 Å². The number of nitrogens with one attached hydrogen (secondary N) is 1. The Morgan fingerprint density at radius 1 is 1.48 bits per heavy atom. The first-order valence-corrected chi connectivity index (χ1v) is 6.94. The Bertz CT molecular complexity index is 540. The zero-order chi connectivity index (χ0) is 14.8. The van der Waals surface area contributed by atoms with Crippen LogP contribution in [0.4, 0.5) is 0 Å². The second-order valence-electron chi connectivity index (χ2n) is 5.33. The van der Waals surface area contributed by atoms with E-state index >= 15 is 0 Å². The molecule has 1 unspecified atom stereocenters. The zero-order valence-electron chi connectivity index (χ0n) is 11.4. The molecule has 1 aliphatic carbocycles. The fourth-order valence-electron chi connectivity index (χ4n) is 2.28. The van der Waals surface area contributed by atoms with E-state index in [4.69, 9.17) is 14.4 Å². The molecule has 1 aromatic heterocycles. The third kappa shape index (κ3) is 3.40. The highest BCUT2D eigenvalue weighted by Gasteiger charge is 2.33. The van der Waals surface area contributed by atoms with Gasteiger partial charge in [0.25, 0.3) is 0 Å². The predicted molar refractivity (Wildman–Crippen MR) is 69.6 cm³/mol. The molecule has 21 heavy (non-hydrogen) atoms. The lowest BCUT2D eigenvalue weighted by Crippen LogP contribution is -2.53. The van der Waals surface area contributed by atoms with Crippen molar-refractivity contribution in [2.24, 2.45) is 0 Å². The van der Waals surface area contributed by atoms with Crippen LogP contribution >= 0.6 is 0 Å². The number of rotatable bonds is 5. The van der Waals surface area contributed by atoms with E-state index in [1.165, 1.54) is 6.07 Å². The molecule has 0 spiro atoms. The number of hydrogen-bond donors (Lipinski definition) is 2. The molecule has 1 aliphatic heterocycles. The van der Waals surface area contributed by atoms with Crippen LogP contribution < -0.4 is 5.32 Å². The van der Waals surface area contributed by atoms with Crippen LogP contribution in [-0.4, -0.2) is 58.9 Å². The van der Waals surface area contributed by atoms with Gasteiger partial charge in [-0.15, -0.1) is 0 Å². The Kier molecular flexibility index (Phi) is 3.89. The van der Waals surface area contributed by atoms with E-state index in [2.05, 4.69) is 10.5 Å². The van der Waals surface area contributed by atoms with Crippen molar-refractivity contribution in [1.29, 1.82) is 0 Å². The number of amides is 1. The lowest BCUT2D eigenvalue weighted by atomic mass is 10.2. The van der Waals surface area contributed by atoms with Gasteiger partial charge in [-0.1, -0.05) is 5.16 Å². The maximum Gasteiger partial charge on any atom is 0.358 e. The van der Waals surface area contributed by atoms with Gasteiger partial charge < -0.3 is 19.7 Å². The minimum atomic E-state index is -1.13. The van der Waals surface area contributed by atoms with Gasteiger partial charge in [0, 0.05) is 18.7 Å². The Labute approximate surface area is 121 Å². The number of aromatic nitrogens is 1. The molecule has 1 amide bonds. The molecule has 0 bridgehead atoms. The molecular weight excluding hydrogens is 278 g/mol. The monoisotopic (exact) mass is 295 g/mol. The SMILES string of the molecule is O=C(O)c1cc(CN2CCOCC2C(=O)NC2CC2)on1. The summed E-state index contributed by atoms with van der Waals surface area (Å²) in [5.74, 6) is -0.747. The van der Waals surface area contributed by atoms with Crippen molar-refractivity contribution >= 4 is 11.9 Å². The molecule has 0 radical (unpaired) electrons. The highest BCUT2D eigenvalue weighted by molar-refractivity contribution is 5.85. The summed E-state index contributed by atoms with van der Waals surface area (Å²) in [5.41, 5.74) is -0.128.